The third-order valence-corrected chi connectivity index (χ3v) is 4.27. The number of hydrogen-bond acceptors (Lipinski definition) is 2. The first kappa shape index (κ1) is 16.9. The predicted octanol–water partition coefficient (Wildman–Crippen LogP) is 3.85. The number of aromatic amines is 1. The second-order valence-electron chi connectivity index (χ2n) is 6.01. The van der Waals surface area contributed by atoms with Crippen LogP contribution in [0, 0.1) is 11.8 Å². The molecule has 4 heteroatoms. The highest BCUT2D eigenvalue weighted by Gasteiger charge is 2.40. The molecule has 20 heavy (non-hydrogen) atoms. The molecule has 0 aromatic carbocycles. The summed E-state index contributed by atoms with van der Waals surface area (Å²) < 4.78 is 13.2. The topological polar surface area (TPSA) is 45.8 Å². The molecule has 0 spiro atoms. The van der Waals surface area contributed by atoms with Gasteiger partial charge < -0.3 is 0 Å². The molecule has 1 aromatic heterocycles. The highest BCUT2D eigenvalue weighted by atomic mass is 19.1. The van der Waals surface area contributed by atoms with Gasteiger partial charge in [0.25, 0.3) is 5.56 Å². The number of alkyl halides is 1. The molecule has 3 nitrogen and oxygen atoms in total. The first-order valence-electron chi connectivity index (χ1n) is 7.62. The summed E-state index contributed by atoms with van der Waals surface area (Å²) in [5, 5.41) is 6.75. The van der Waals surface area contributed by atoms with Gasteiger partial charge in [0.1, 0.15) is 0 Å². The van der Waals surface area contributed by atoms with E-state index in [9.17, 15) is 9.18 Å². The van der Waals surface area contributed by atoms with E-state index in [1.54, 1.807) is 6.07 Å². The van der Waals surface area contributed by atoms with Crippen LogP contribution in [0.2, 0.25) is 0 Å². The largest absolute Gasteiger partial charge is 0.268 e. The van der Waals surface area contributed by atoms with Crippen LogP contribution in [0.1, 0.15) is 59.1 Å². The highest BCUT2D eigenvalue weighted by molar-refractivity contribution is 5.17. The lowest BCUT2D eigenvalue weighted by atomic mass is 9.64. The number of nitrogens with one attached hydrogen (secondary N) is 1. The fourth-order valence-electron chi connectivity index (χ4n) is 3.50. The third-order valence-electron chi connectivity index (χ3n) is 4.27. The van der Waals surface area contributed by atoms with Crippen LogP contribution in [-0.4, -0.2) is 16.9 Å². The van der Waals surface area contributed by atoms with Crippen LogP contribution < -0.4 is 5.56 Å². The Balaban J connectivity index is 3.33. The van der Waals surface area contributed by atoms with Gasteiger partial charge in [0, 0.05) is 11.5 Å². The molecule has 1 rings (SSSR count). The second kappa shape index (κ2) is 7.55. The van der Waals surface area contributed by atoms with Crippen molar-refractivity contribution in [1.29, 1.82) is 0 Å². The molecule has 0 fully saturated rings. The summed E-state index contributed by atoms with van der Waals surface area (Å²) in [5.41, 5.74) is 0.338. The summed E-state index contributed by atoms with van der Waals surface area (Å²) in [6.45, 7) is 8.24. The Hall–Kier alpha value is -1.19. The molecule has 0 amide bonds. The number of hydrogen-bond donors (Lipinski definition) is 1. The average molecular weight is 282 g/mol. The molecule has 0 saturated carbocycles. The summed E-state index contributed by atoms with van der Waals surface area (Å²) >= 11 is 0. The van der Waals surface area contributed by atoms with Crippen molar-refractivity contribution in [3.05, 3.63) is 28.2 Å². The van der Waals surface area contributed by atoms with E-state index in [-0.39, 0.29) is 17.6 Å². The van der Waals surface area contributed by atoms with Crippen molar-refractivity contribution in [3.63, 3.8) is 0 Å². The zero-order valence-corrected chi connectivity index (χ0v) is 13.1. The third kappa shape index (κ3) is 3.68. The Morgan fingerprint density at radius 1 is 1.30 bits per heavy atom. The molecule has 1 unspecified atom stereocenters. The molecular weight excluding hydrogens is 255 g/mol. The molecule has 114 valence electrons. The lowest BCUT2D eigenvalue weighted by Crippen LogP contribution is -2.38. The smallest absolute Gasteiger partial charge is 0.264 e. The van der Waals surface area contributed by atoms with Gasteiger partial charge in [-0.05, 0) is 30.7 Å². The molecular formula is C16H27FN2O. The molecule has 0 aliphatic heterocycles. The summed E-state index contributed by atoms with van der Waals surface area (Å²) in [6, 6.07) is 3.27. The first-order chi connectivity index (χ1) is 9.50. The zero-order chi connectivity index (χ0) is 15.2. The van der Waals surface area contributed by atoms with Crippen LogP contribution in [-0.2, 0) is 5.41 Å². The minimum atomic E-state index is -0.357. The number of rotatable bonds is 8. The van der Waals surface area contributed by atoms with Gasteiger partial charge in [-0.3, -0.25) is 9.18 Å². The number of halogens is 1. The van der Waals surface area contributed by atoms with E-state index < -0.39 is 0 Å². The summed E-state index contributed by atoms with van der Waals surface area (Å²) in [4.78, 5) is 11.2. The van der Waals surface area contributed by atoms with E-state index in [0.29, 0.717) is 18.3 Å². The van der Waals surface area contributed by atoms with Crippen LogP contribution in [0.4, 0.5) is 4.39 Å². The average Bonchev–Trinajstić information content (AvgIpc) is 2.40. The molecule has 0 aliphatic rings. The van der Waals surface area contributed by atoms with Gasteiger partial charge in [0.2, 0.25) is 0 Å². The van der Waals surface area contributed by atoms with Crippen molar-refractivity contribution in [2.75, 3.05) is 6.67 Å². The Labute approximate surface area is 121 Å². The van der Waals surface area contributed by atoms with Crippen molar-refractivity contribution >= 4 is 0 Å². The SMILES string of the molecule is CCC(CC)C(CCF)(CC(C)C)c1ccc(=O)[nH]n1. The zero-order valence-electron chi connectivity index (χ0n) is 13.1. The number of nitrogens with zero attached hydrogens (tertiary/aromatic N) is 1. The number of aromatic nitrogens is 2. The molecule has 1 atom stereocenters. The minimum absolute atomic E-state index is 0.211. The van der Waals surface area contributed by atoms with Crippen LogP contribution in [0.3, 0.4) is 0 Å². The maximum absolute atomic E-state index is 13.2. The van der Waals surface area contributed by atoms with Gasteiger partial charge in [-0.25, -0.2) is 5.10 Å². The summed E-state index contributed by atoms with van der Waals surface area (Å²) in [7, 11) is 0. The molecule has 0 aliphatic carbocycles. The lowest BCUT2D eigenvalue weighted by Gasteiger charge is -2.40. The quantitative estimate of drug-likeness (QED) is 0.787. The Morgan fingerprint density at radius 2 is 1.95 bits per heavy atom. The molecule has 0 radical (unpaired) electrons. The molecule has 0 saturated heterocycles. The first-order valence-corrected chi connectivity index (χ1v) is 7.62. The van der Waals surface area contributed by atoms with Crippen molar-refractivity contribution in [3.8, 4) is 0 Å². The van der Waals surface area contributed by atoms with Crippen molar-refractivity contribution in [2.24, 2.45) is 11.8 Å². The van der Waals surface area contributed by atoms with E-state index in [2.05, 4.69) is 37.9 Å². The monoisotopic (exact) mass is 282 g/mol. The van der Waals surface area contributed by atoms with Crippen LogP contribution in [0.5, 0.6) is 0 Å². The van der Waals surface area contributed by atoms with Gasteiger partial charge in [-0.2, -0.15) is 5.10 Å². The number of H-pyrrole nitrogens is 1. The molecule has 0 bridgehead atoms. The van der Waals surface area contributed by atoms with E-state index in [4.69, 9.17) is 0 Å². The van der Waals surface area contributed by atoms with Crippen LogP contribution in [0.25, 0.3) is 0 Å². The van der Waals surface area contributed by atoms with E-state index in [0.717, 1.165) is 25.0 Å². The lowest BCUT2D eigenvalue weighted by molar-refractivity contribution is 0.171. The van der Waals surface area contributed by atoms with Gasteiger partial charge in [0.15, 0.2) is 0 Å². The Kier molecular flexibility index (Phi) is 6.37. The van der Waals surface area contributed by atoms with Gasteiger partial charge in [-0.1, -0.05) is 40.5 Å². The van der Waals surface area contributed by atoms with Gasteiger partial charge >= 0.3 is 0 Å². The highest BCUT2D eigenvalue weighted by Crippen LogP contribution is 2.43. The normalized spacial score (nSPS) is 14.8. The van der Waals surface area contributed by atoms with Crippen LogP contribution in [0.15, 0.2) is 16.9 Å². The van der Waals surface area contributed by atoms with Gasteiger partial charge in [-0.15, -0.1) is 0 Å². The van der Waals surface area contributed by atoms with Crippen molar-refractivity contribution in [1.82, 2.24) is 10.2 Å². The van der Waals surface area contributed by atoms with Crippen LogP contribution >= 0.6 is 0 Å². The minimum Gasteiger partial charge on any atom is -0.268 e. The van der Waals surface area contributed by atoms with Crippen molar-refractivity contribution < 1.29 is 4.39 Å². The summed E-state index contributed by atoms with van der Waals surface area (Å²) in [5.74, 6) is 0.829. The predicted molar refractivity (Wildman–Crippen MR) is 80.7 cm³/mol. The fourth-order valence-corrected chi connectivity index (χ4v) is 3.50. The Morgan fingerprint density at radius 3 is 2.35 bits per heavy atom. The van der Waals surface area contributed by atoms with Gasteiger partial charge in [0.05, 0.1) is 12.4 Å². The second-order valence-corrected chi connectivity index (χ2v) is 6.01. The van der Waals surface area contributed by atoms with E-state index in [1.165, 1.54) is 6.07 Å². The fraction of sp³-hybridized carbons (Fsp3) is 0.750. The maximum Gasteiger partial charge on any atom is 0.264 e. The standard InChI is InChI=1S/C16H27FN2O/c1-5-13(6-2)16(9-10-17,11-12(3)4)14-7-8-15(20)19-18-14/h7-8,12-13H,5-6,9-11H2,1-4H3,(H,19,20). The molecule has 1 N–H and O–H groups in total. The van der Waals surface area contributed by atoms with E-state index in [1.807, 2.05) is 0 Å². The molecule has 1 heterocycles. The maximum atomic E-state index is 13.2. The molecule has 1 aromatic rings. The van der Waals surface area contributed by atoms with Crippen molar-refractivity contribution in [2.45, 2.75) is 58.8 Å². The Bertz CT molecular complexity index is 434. The summed E-state index contributed by atoms with van der Waals surface area (Å²) in [6.07, 6.45) is 3.34. The van der Waals surface area contributed by atoms with E-state index >= 15 is 0 Å².